The molecule has 100 valence electrons. The lowest BCUT2D eigenvalue weighted by Crippen LogP contribution is -2.11. The summed E-state index contributed by atoms with van der Waals surface area (Å²) in [6, 6.07) is 5.86. The fourth-order valence-electron chi connectivity index (χ4n) is 2.54. The number of benzene rings is 1. The lowest BCUT2D eigenvalue weighted by Gasteiger charge is -2.23. The molecule has 0 radical (unpaired) electrons. The smallest absolute Gasteiger partial charge is 0.134 e. The van der Waals surface area contributed by atoms with Crippen LogP contribution in [-0.4, -0.2) is 20.1 Å². The van der Waals surface area contributed by atoms with Gasteiger partial charge in [-0.15, -0.1) is 5.10 Å². The molecule has 0 bridgehead atoms. The van der Waals surface area contributed by atoms with Gasteiger partial charge in [-0.25, -0.2) is 0 Å². The third-order valence-corrected chi connectivity index (χ3v) is 3.46. The molecule has 5 heteroatoms. The number of nitrogens with zero attached hydrogens (tertiary/aromatic N) is 3. The van der Waals surface area contributed by atoms with E-state index in [9.17, 15) is 5.11 Å². The largest absolute Gasteiger partial charge is 0.487 e. The Morgan fingerprint density at radius 3 is 3.16 bits per heavy atom. The first-order valence-electron chi connectivity index (χ1n) is 6.52. The van der Waals surface area contributed by atoms with Crippen molar-refractivity contribution in [3.05, 3.63) is 41.2 Å². The van der Waals surface area contributed by atoms with Crippen molar-refractivity contribution in [1.29, 1.82) is 0 Å². The fraction of sp³-hybridized carbons (Fsp3) is 0.429. The highest BCUT2D eigenvalue weighted by Crippen LogP contribution is 2.35. The van der Waals surface area contributed by atoms with Crippen LogP contribution < -0.4 is 4.74 Å². The molecular formula is C14H17N3O2. The van der Waals surface area contributed by atoms with Crippen molar-refractivity contribution in [2.24, 2.45) is 7.05 Å². The van der Waals surface area contributed by atoms with Crippen molar-refractivity contribution in [3.63, 3.8) is 0 Å². The normalized spacial score (nSPS) is 18.1. The maximum Gasteiger partial charge on any atom is 0.134 e. The molecule has 1 heterocycles. The maximum absolute atomic E-state index is 9.99. The van der Waals surface area contributed by atoms with E-state index in [2.05, 4.69) is 10.3 Å². The van der Waals surface area contributed by atoms with Gasteiger partial charge in [0.2, 0.25) is 0 Å². The first-order valence-corrected chi connectivity index (χ1v) is 6.52. The molecule has 0 spiro atoms. The predicted molar refractivity (Wildman–Crippen MR) is 69.7 cm³/mol. The van der Waals surface area contributed by atoms with Crippen LogP contribution in [0.25, 0.3) is 0 Å². The minimum atomic E-state index is -0.358. The number of aliphatic hydroxyl groups excluding tert-OH is 1. The SMILES string of the molecule is Cn1cc(COc2cccc3c2CCCC3O)nn1. The summed E-state index contributed by atoms with van der Waals surface area (Å²) in [6.07, 6.45) is 4.27. The minimum Gasteiger partial charge on any atom is -0.487 e. The summed E-state index contributed by atoms with van der Waals surface area (Å²) < 4.78 is 7.48. The van der Waals surface area contributed by atoms with Gasteiger partial charge in [-0.05, 0) is 36.5 Å². The standard InChI is InChI=1S/C14H17N3O2/c1-17-8-10(15-16-17)9-19-14-7-3-4-11-12(14)5-2-6-13(11)18/h3-4,7-8,13,18H,2,5-6,9H2,1H3. The Bertz CT molecular complexity index is 580. The molecule has 0 saturated heterocycles. The summed E-state index contributed by atoms with van der Waals surface area (Å²) in [5.41, 5.74) is 2.93. The third kappa shape index (κ3) is 2.46. The quantitative estimate of drug-likeness (QED) is 0.912. The van der Waals surface area contributed by atoms with E-state index in [0.717, 1.165) is 41.8 Å². The van der Waals surface area contributed by atoms with Crippen molar-refractivity contribution in [2.45, 2.75) is 32.0 Å². The van der Waals surface area contributed by atoms with Crippen LogP contribution in [0.4, 0.5) is 0 Å². The summed E-state index contributed by atoms with van der Waals surface area (Å²) >= 11 is 0. The van der Waals surface area contributed by atoms with Gasteiger partial charge in [-0.3, -0.25) is 4.68 Å². The van der Waals surface area contributed by atoms with E-state index in [4.69, 9.17) is 4.74 Å². The summed E-state index contributed by atoms with van der Waals surface area (Å²) in [4.78, 5) is 0. The van der Waals surface area contributed by atoms with Crippen LogP contribution in [0.3, 0.4) is 0 Å². The highest BCUT2D eigenvalue weighted by Gasteiger charge is 2.20. The molecule has 1 unspecified atom stereocenters. The number of fused-ring (bicyclic) bond motifs is 1. The number of aromatic nitrogens is 3. The van der Waals surface area contributed by atoms with Gasteiger partial charge in [-0.2, -0.15) is 0 Å². The first-order chi connectivity index (χ1) is 9.24. The van der Waals surface area contributed by atoms with Gasteiger partial charge in [-0.1, -0.05) is 17.3 Å². The molecule has 1 aromatic heterocycles. The Hall–Kier alpha value is -1.88. The van der Waals surface area contributed by atoms with Gasteiger partial charge >= 0.3 is 0 Å². The van der Waals surface area contributed by atoms with Crippen molar-refractivity contribution in [3.8, 4) is 5.75 Å². The van der Waals surface area contributed by atoms with Gasteiger partial charge in [0.05, 0.1) is 12.3 Å². The van der Waals surface area contributed by atoms with E-state index < -0.39 is 0 Å². The zero-order valence-corrected chi connectivity index (χ0v) is 10.9. The molecule has 0 aliphatic heterocycles. The molecule has 0 saturated carbocycles. The average Bonchev–Trinajstić information content (AvgIpc) is 2.83. The Labute approximate surface area is 111 Å². The number of hydrogen-bond acceptors (Lipinski definition) is 4. The summed E-state index contributed by atoms with van der Waals surface area (Å²) in [6.45, 7) is 0.403. The van der Waals surface area contributed by atoms with Gasteiger partial charge in [0.1, 0.15) is 18.1 Å². The van der Waals surface area contributed by atoms with E-state index >= 15 is 0 Å². The van der Waals surface area contributed by atoms with Crippen LogP contribution in [0.15, 0.2) is 24.4 Å². The second-order valence-corrected chi connectivity index (χ2v) is 4.90. The zero-order chi connectivity index (χ0) is 13.2. The van der Waals surface area contributed by atoms with Gasteiger partial charge in [0.15, 0.2) is 0 Å². The lowest BCUT2D eigenvalue weighted by molar-refractivity contribution is 0.155. The maximum atomic E-state index is 9.99. The molecule has 1 N–H and O–H groups in total. The van der Waals surface area contributed by atoms with E-state index in [1.807, 2.05) is 31.4 Å². The van der Waals surface area contributed by atoms with Crippen LogP contribution in [0, 0.1) is 0 Å². The molecule has 5 nitrogen and oxygen atoms in total. The van der Waals surface area contributed by atoms with Crippen LogP contribution in [0.1, 0.15) is 35.8 Å². The van der Waals surface area contributed by atoms with Crippen molar-refractivity contribution in [1.82, 2.24) is 15.0 Å². The van der Waals surface area contributed by atoms with E-state index in [0.29, 0.717) is 6.61 Å². The van der Waals surface area contributed by atoms with Crippen LogP contribution in [0.5, 0.6) is 5.75 Å². The predicted octanol–water partition coefficient (Wildman–Crippen LogP) is 1.76. The molecule has 0 amide bonds. The lowest BCUT2D eigenvalue weighted by atomic mass is 9.89. The second kappa shape index (κ2) is 5.01. The van der Waals surface area contributed by atoms with Crippen LogP contribution in [0.2, 0.25) is 0 Å². The molecular weight excluding hydrogens is 242 g/mol. The highest BCUT2D eigenvalue weighted by molar-refractivity contribution is 5.42. The molecule has 1 aliphatic rings. The summed E-state index contributed by atoms with van der Waals surface area (Å²) in [5, 5.41) is 17.9. The molecule has 1 aliphatic carbocycles. The van der Waals surface area contributed by atoms with E-state index in [-0.39, 0.29) is 6.10 Å². The molecule has 1 aromatic carbocycles. The van der Waals surface area contributed by atoms with Crippen LogP contribution >= 0.6 is 0 Å². The topological polar surface area (TPSA) is 60.2 Å². The number of aryl methyl sites for hydroxylation is 1. The van der Waals surface area contributed by atoms with Crippen molar-refractivity contribution < 1.29 is 9.84 Å². The number of hydrogen-bond donors (Lipinski definition) is 1. The van der Waals surface area contributed by atoms with Gasteiger partial charge in [0, 0.05) is 7.05 Å². The third-order valence-electron chi connectivity index (χ3n) is 3.46. The summed E-state index contributed by atoms with van der Waals surface area (Å²) in [7, 11) is 1.83. The highest BCUT2D eigenvalue weighted by atomic mass is 16.5. The zero-order valence-electron chi connectivity index (χ0n) is 10.9. The molecule has 1 atom stereocenters. The number of rotatable bonds is 3. The molecule has 0 fully saturated rings. The van der Waals surface area contributed by atoms with Gasteiger partial charge in [0.25, 0.3) is 0 Å². The minimum absolute atomic E-state index is 0.358. The Morgan fingerprint density at radius 1 is 1.47 bits per heavy atom. The Kier molecular flexibility index (Phi) is 3.21. The first kappa shape index (κ1) is 12.2. The van der Waals surface area contributed by atoms with Crippen LogP contribution in [-0.2, 0) is 20.1 Å². The molecule has 2 aromatic rings. The monoisotopic (exact) mass is 259 g/mol. The summed E-state index contributed by atoms with van der Waals surface area (Å²) in [5.74, 6) is 0.849. The van der Waals surface area contributed by atoms with E-state index in [1.54, 1.807) is 4.68 Å². The number of aliphatic hydroxyl groups is 1. The number of ether oxygens (including phenoxy) is 1. The van der Waals surface area contributed by atoms with Crippen molar-refractivity contribution in [2.75, 3.05) is 0 Å². The second-order valence-electron chi connectivity index (χ2n) is 4.90. The Morgan fingerprint density at radius 2 is 2.37 bits per heavy atom. The average molecular weight is 259 g/mol. The molecule has 19 heavy (non-hydrogen) atoms. The molecule has 3 rings (SSSR count). The Balaban J connectivity index is 1.79. The van der Waals surface area contributed by atoms with Crippen molar-refractivity contribution >= 4 is 0 Å². The van der Waals surface area contributed by atoms with E-state index in [1.165, 1.54) is 0 Å². The van der Waals surface area contributed by atoms with Gasteiger partial charge < -0.3 is 9.84 Å². The fourth-order valence-corrected chi connectivity index (χ4v) is 2.54.